The van der Waals surface area contributed by atoms with E-state index in [1.54, 1.807) is 0 Å². The van der Waals surface area contributed by atoms with Crippen molar-refractivity contribution in [1.82, 2.24) is 15.2 Å². The van der Waals surface area contributed by atoms with Crippen LogP contribution in [0.1, 0.15) is 17.4 Å². The van der Waals surface area contributed by atoms with E-state index in [2.05, 4.69) is 10.3 Å². The summed E-state index contributed by atoms with van der Waals surface area (Å²) in [5.74, 6) is -1.55. The number of anilines is 1. The highest BCUT2D eigenvalue weighted by Gasteiger charge is 2.35. The standard InChI is InChI=1S/C11H11ClN4O3/c1-5-10(18)15-8(17)4-16(5)11(19)9-6(12)2-3-7(13)14-9/h2-3,5H,4H2,1H3,(H2,13,14)(H,15,17,18). The minimum atomic E-state index is -0.774. The van der Waals surface area contributed by atoms with Crippen molar-refractivity contribution in [3.8, 4) is 0 Å². The molecule has 8 heteroatoms. The summed E-state index contributed by atoms with van der Waals surface area (Å²) in [4.78, 5) is 40.0. The number of piperazine rings is 1. The van der Waals surface area contributed by atoms with E-state index in [9.17, 15) is 14.4 Å². The minimum absolute atomic E-state index is 0.0731. The molecule has 1 aliphatic heterocycles. The summed E-state index contributed by atoms with van der Waals surface area (Å²) in [6, 6.07) is 2.12. The highest BCUT2D eigenvalue weighted by Crippen LogP contribution is 2.19. The molecule has 1 fully saturated rings. The zero-order valence-electron chi connectivity index (χ0n) is 10.0. The molecule has 0 radical (unpaired) electrons. The van der Waals surface area contributed by atoms with Crippen LogP contribution in [-0.2, 0) is 9.59 Å². The van der Waals surface area contributed by atoms with Gasteiger partial charge in [0.25, 0.3) is 5.91 Å². The molecule has 19 heavy (non-hydrogen) atoms. The first kappa shape index (κ1) is 13.3. The highest BCUT2D eigenvalue weighted by atomic mass is 35.5. The van der Waals surface area contributed by atoms with Crippen molar-refractivity contribution in [2.45, 2.75) is 13.0 Å². The van der Waals surface area contributed by atoms with Gasteiger partial charge in [-0.15, -0.1) is 0 Å². The number of hydrogen-bond donors (Lipinski definition) is 2. The molecule has 1 atom stereocenters. The lowest BCUT2D eigenvalue weighted by atomic mass is 10.1. The zero-order valence-corrected chi connectivity index (χ0v) is 10.8. The number of nitrogens with two attached hydrogens (primary N) is 1. The predicted octanol–water partition coefficient (Wildman–Crippen LogP) is -0.196. The van der Waals surface area contributed by atoms with Gasteiger partial charge in [-0.25, -0.2) is 4.98 Å². The van der Waals surface area contributed by atoms with Gasteiger partial charge in [-0.05, 0) is 19.1 Å². The number of nitrogens with zero attached hydrogens (tertiary/aromatic N) is 2. The van der Waals surface area contributed by atoms with Gasteiger partial charge in [-0.1, -0.05) is 11.6 Å². The maximum absolute atomic E-state index is 12.3. The molecule has 7 nitrogen and oxygen atoms in total. The number of imide groups is 1. The Morgan fingerprint density at radius 1 is 1.53 bits per heavy atom. The van der Waals surface area contributed by atoms with E-state index in [4.69, 9.17) is 17.3 Å². The SMILES string of the molecule is CC1C(=O)NC(=O)CN1C(=O)c1nc(N)ccc1Cl. The molecule has 2 heterocycles. The average molecular weight is 283 g/mol. The van der Waals surface area contributed by atoms with Crippen LogP contribution in [0.3, 0.4) is 0 Å². The van der Waals surface area contributed by atoms with Gasteiger partial charge in [0.2, 0.25) is 11.8 Å². The first-order chi connectivity index (χ1) is 8.90. The molecule has 100 valence electrons. The Morgan fingerprint density at radius 2 is 2.21 bits per heavy atom. The van der Waals surface area contributed by atoms with Gasteiger partial charge in [-0.2, -0.15) is 0 Å². The van der Waals surface area contributed by atoms with E-state index in [1.807, 2.05) is 0 Å². The largest absolute Gasteiger partial charge is 0.384 e. The molecule has 3 N–H and O–H groups in total. The van der Waals surface area contributed by atoms with Crippen molar-refractivity contribution in [3.05, 3.63) is 22.8 Å². The summed E-state index contributed by atoms with van der Waals surface area (Å²) >= 11 is 5.88. The van der Waals surface area contributed by atoms with E-state index in [0.717, 1.165) is 4.90 Å². The number of hydrogen-bond acceptors (Lipinski definition) is 5. The third kappa shape index (κ3) is 2.50. The second kappa shape index (κ2) is 4.85. The van der Waals surface area contributed by atoms with E-state index in [-0.39, 0.29) is 23.1 Å². The number of nitrogens with one attached hydrogen (secondary N) is 1. The van der Waals surface area contributed by atoms with Crippen molar-refractivity contribution in [3.63, 3.8) is 0 Å². The molecule has 2 rings (SSSR count). The van der Waals surface area contributed by atoms with Crippen LogP contribution in [0, 0.1) is 0 Å². The number of pyridine rings is 1. The van der Waals surface area contributed by atoms with Crippen LogP contribution in [0.5, 0.6) is 0 Å². The fourth-order valence-corrected chi connectivity index (χ4v) is 1.89. The number of carbonyl (C=O) groups is 3. The quantitative estimate of drug-likeness (QED) is 0.694. The van der Waals surface area contributed by atoms with Crippen molar-refractivity contribution in [2.75, 3.05) is 12.3 Å². The number of aromatic nitrogens is 1. The molecular formula is C11H11ClN4O3. The monoisotopic (exact) mass is 282 g/mol. The third-order valence-electron chi connectivity index (χ3n) is 2.75. The van der Waals surface area contributed by atoms with Gasteiger partial charge in [0.05, 0.1) is 5.02 Å². The summed E-state index contributed by atoms with van der Waals surface area (Å²) in [6.07, 6.45) is 0. The van der Waals surface area contributed by atoms with Crippen LogP contribution in [0.15, 0.2) is 12.1 Å². The van der Waals surface area contributed by atoms with Crippen LogP contribution in [0.25, 0.3) is 0 Å². The van der Waals surface area contributed by atoms with Crippen molar-refractivity contribution < 1.29 is 14.4 Å². The Bertz CT molecular complexity index is 575. The van der Waals surface area contributed by atoms with Crippen molar-refractivity contribution in [1.29, 1.82) is 0 Å². The van der Waals surface area contributed by atoms with E-state index < -0.39 is 23.8 Å². The molecule has 1 unspecified atom stereocenters. The number of nitrogen functional groups attached to an aromatic ring is 1. The number of carbonyl (C=O) groups excluding carboxylic acids is 3. The number of halogens is 1. The third-order valence-corrected chi connectivity index (χ3v) is 3.06. The minimum Gasteiger partial charge on any atom is -0.384 e. The second-order valence-electron chi connectivity index (χ2n) is 4.09. The number of amides is 3. The molecule has 0 saturated carbocycles. The van der Waals surface area contributed by atoms with Crippen LogP contribution in [-0.4, -0.2) is 40.2 Å². The van der Waals surface area contributed by atoms with Crippen LogP contribution < -0.4 is 11.1 Å². The van der Waals surface area contributed by atoms with Gasteiger partial charge < -0.3 is 10.6 Å². The van der Waals surface area contributed by atoms with E-state index >= 15 is 0 Å². The molecule has 0 aliphatic carbocycles. The highest BCUT2D eigenvalue weighted by molar-refractivity contribution is 6.33. The van der Waals surface area contributed by atoms with Gasteiger partial charge in [0, 0.05) is 0 Å². The second-order valence-corrected chi connectivity index (χ2v) is 4.50. The van der Waals surface area contributed by atoms with Crippen LogP contribution in [0.4, 0.5) is 5.82 Å². The lowest BCUT2D eigenvalue weighted by Gasteiger charge is -2.31. The summed E-state index contributed by atoms with van der Waals surface area (Å²) < 4.78 is 0. The lowest BCUT2D eigenvalue weighted by molar-refractivity contribution is -0.138. The van der Waals surface area contributed by atoms with Crippen LogP contribution in [0.2, 0.25) is 5.02 Å². The Labute approximate surface area is 113 Å². The average Bonchev–Trinajstić information content (AvgIpc) is 2.36. The molecular weight excluding hydrogens is 272 g/mol. The first-order valence-corrected chi connectivity index (χ1v) is 5.84. The van der Waals surface area contributed by atoms with Crippen molar-refractivity contribution >= 4 is 35.1 Å². The molecule has 1 saturated heterocycles. The van der Waals surface area contributed by atoms with E-state index in [1.165, 1.54) is 19.1 Å². The molecule has 3 amide bonds. The Kier molecular flexibility index (Phi) is 3.39. The molecule has 1 aromatic heterocycles. The van der Waals surface area contributed by atoms with Gasteiger partial charge >= 0.3 is 0 Å². The fourth-order valence-electron chi connectivity index (χ4n) is 1.71. The molecule has 1 aliphatic rings. The maximum Gasteiger partial charge on any atom is 0.275 e. The molecule has 0 bridgehead atoms. The molecule has 0 aromatic carbocycles. The van der Waals surface area contributed by atoms with Gasteiger partial charge in [0.1, 0.15) is 24.1 Å². The summed E-state index contributed by atoms with van der Waals surface area (Å²) in [5.41, 5.74) is 5.42. The smallest absolute Gasteiger partial charge is 0.275 e. The van der Waals surface area contributed by atoms with E-state index in [0.29, 0.717) is 0 Å². The summed E-state index contributed by atoms with van der Waals surface area (Å²) in [5, 5.41) is 2.26. The predicted molar refractivity (Wildman–Crippen MR) is 67.3 cm³/mol. The maximum atomic E-state index is 12.3. The Morgan fingerprint density at radius 3 is 2.89 bits per heavy atom. The summed E-state index contributed by atoms with van der Waals surface area (Å²) in [7, 11) is 0. The lowest BCUT2D eigenvalue weighted by Crippen LogP contribution is -2.58. The van der Waals surface area contributed by atoms with Gasteiger partial charge in [-0.3, -0.25) is 19.7 Å². The topological polar surface area (TPSA) is 105 Å². The molecule has 1 aromatic rings. The Hall–Kier alpha value is -2.15. The van der Waals surface area contributed by atoms with Crippen molar-refractivity contribution in [2.24, 2.45) is 0 Å². The fraction of sp³-hybridized carbons (Fsp3) is 0.273. The normalized spacial score (nSPS) is 19.3. The van der Waals surface area contributed by atoms with Crippen LogP contribution >= 0.6 is 11.6 Å². The summed E-state index contributed by atoms with van der Waals surface area (Å²) in [6.45, 7) is 1.29. The van der Waals surface area contributed by atoms with Gasteiger partial charge in [0.15, 0.2) is 0 Å². The number of rotatable bonds is 1. The molecule has 0 spiro atoms. The first-order valence-electron chi connectivity index (χ1n) is 5.47. The zero-order chi connectivity index (χ0) is 14.2. The Balaban J connectivity index is 2.35.